The van der Waals surface area contributed by atoms with Crippen molar-refractivity contribution in [2.24, 2.45) is 5.92 Å². The zero-order valence-corrected chi connectivity index (χ0v) is 13.1. The van der Waals surface area contributed by atoms with E-state index in [-0.39, 0.29) is 0 Å². The molecule has 0 spiro atoms. The van der Waals surface area contributed by atoms with Gasteiger partial charge in [0.25, 0.3) is 0 Å². The summed E-state index contributed by atoms with van der Waals surface area (Å²) in [6, 6.07) is 7.25. The number of nitrogens with one attached hydrogen (secondary N) is 1. The predicted octanol–water partition coefficient (Wildman–Crippen LogP) is 3.56. The summed E-state index contributed by atoms with van der Waals surface area (Å²) in [6.07, 6.45) is 7.74. The van der Waals surface area contributed by atoms with Crippen LogP contribution in [0.25, 0.3) is 0 Å². The Labute approximate surface area is 128 Å². The molecule has 0 bridgehead atoms. The van der Waals surface area contributed by atoms with Gasteiger partial charge in [-0.25, -0.2) is 0 Å². The third-order valence-electron chi connectivity index (χ3n) is 4.21. The zero-order valence-electron chi connectivity index (χ0n) is 13.1. The maximum atomic E-state index is 5.84. The predicted molar refractivity (Wildman–Crippen MR) is 85.2 cm³/mol. The standard InChI is InChI=1S/C18H27NO2/c1-14-12-20-17-9-6-15(11-18(17)21-13-14)5-3-2-4-10-19-16-7-8-16/h6,9,11,14,16,19H,2-5,7-8,10,12-13H2,1H3. The van der Waals surface area contributed by atoms with Crippen molar-refractivity contribution >= 4 is 0 Å². The van der Waals surface area contributed by atoms with E-state index in [0.717, 1.165) is 37.2 Å². The van der Waals surface area contributed by atoms with Crippen LogP contribution in [0.1, 0.15) is 44.6 Å². The number of hydrogen-bond acceptors (Lipinski definition) is 3. The van der Waals surface area contributed by atoms with Gasteiger partial charge in [0.05, 0.1) is 13.2 Å². The molecular weight excluding hydrogens is 262 g/mol. The average Bonchev–Trinajstić information content (AvgIpc) is 3.32. The van der Waals surface area contributed by atoms with E-state index in [1.165, 1.54) is 44.2 Å². The van der Waals surface area contributed by atoms with Crippen molar-refractivity contribution in [2.45, 2.75) is 51.5 Å². The first-order chi connectivity index (χ1) is 10.3. The van der Waals surface area contributed by atoms with E-state index >= 15 is 0 Å². The highest BCUT2D eigenvalue weighted by atomic mass is 16.5. The minimum absolute atomic E-state index is 0.458. The lowest BCUT2D eigenvalue weighted by Crippen LogP contribution is -2.17. The van der Waals surface area contributed by atoms with Crippen molar-refractivity contribution in [1.82, 2.24) is 5.32 Å². The van der Waals surface area contributed by atoms with E-state index in [4.69, 9.17) is 9.47 Å². The molecule has 1 aromatic rings. The number of rotatable bonds is 7. The van der Waals surface area contributed by atoms with Gasteiger partial charge in [0.2, 0.25) is 0 Å². The van der Waals surface area contributed by atoms with Crippen LogP contribution in [0.2, 0.25) is 0 Å². The largest absolute Gasteiger partial charge is 0.489 e. The van der Waals surface area contributed by atoms with Crippen LogP contribution in [0.4, 0.5) is 0 Å². The SMILES string of the molecule is CC1COc2ccc(CCCCCNC3CC3)cc2OC1. The van der Waals surface area contributed by atoms with Crippen LogP contribution in [0.5, 0.6) is 11.5 Å². The van der Waals surface area contributed by atoms with Gasteiger partial charge in [0, 0.05) is 12.0 Å². The third-order valence-corrected chi connectivity index (χ3v) is 4.21. The lowest BCUT2D eigenvalue weighted by Gasteiger charge is -2.09. The minimum Gasteiger partial charge on any atom is -0.489 e. The van der Waals surface area contributed by atoms with Crippen molar-refractivity contribution in [2.75, 3.05) is 19.8 Å². The van der Waals surface area contributed by atoms with Crippen LogP contribution in [-0.2, 0) is 6.42 Å². The molecule has 0 amide bonds. The number of ether oxygens (including phenoxy) is 2. The normalized spacial score (nSPS) is 21.1. The van der Waals surface area contributed by atoms with Crippen LogP contribution in [0.3, 0.4) is 0 Å². The molecule has 21 heavy (non-hydrogen) atoms. The summed E-state index contributed by atoms with van der Waals surface area (Å²) in [4.78, 5) is 0. The number of unbranched alkanes of at least 4 members (excludes halogenated alkanes) is 2. The molecule has 1 fully saturated rings. The molecule has 2 aliphatic rings. The molecule has 1 N–H and O–H groups in total. The topological polar surface area (TPSA) is 30.5 Å². The highest BCUT2D eigenvalue weighted by Gasteiger charge is 2.19. The Bertz CT molecular complexity index is 457. The summed E-state index contributed by atoms with van der Waals surface area (Å²) in [5, 5.41) is 3.57. The molecule has 0 saturated heterocycles. The van der Waals surface area contributed by atoms with E-state index in [9.17, 15) is 0 Å². The lowest BCUT2D eigenvalue weighted by molar-refractivity contribution is 0.228. The molecule has 1 saturated carbocycles. The molecule has 3 heteroatoms. The molecule has 1 atom stereocenters. The second-order valence-electron chi connectivity index (χ2n) is 6.55. The van der Waals surface area contributed by atoms with Gasteiger partial charge < -0.3 is 14.8 Å². The Morgan fingerprint density at radius 1 is 1.05 bits per heavy atom. The first-order valence-corrected chi connectivity index (χ1v) is 8.43. The maximum absolute atomic E-state index is 5.84. The molecule has 0 aromatic heterocycles. The second kappa shape index (κ2) is 7.17. The average molecular weight is 289 g/mol. The van der Waals surface area contributed by atoms with E-state index in [2.05, 4.69) is 30.4 Å². The Morgan fingerprint density at radius 2 is 1.86 bits per heavy atom. The molecule has 1 aromatic carbocycles. The molecule has 1 heterocycles. The highest BCUT2D eigenvalue weighted by molar-refractivity contribution is 5.43. The van der Waals surface area contributed by atoms with Gasteiger partial charge in [-0.2, -0.15) is 0 Å². The number of aryl methyl sites for hydroxylation is 1. The number of fused-ring (bicyclic) bond motifs is 1. The quantitative estimate of drug-likeness (QED) is 0.779. The first kappa shape index (κ1) is 14.7. The van der Waals surface area contributed by atoms with Crippen LogP contribution in [-0.4, -0.2) is 25.8 Å². The summed E-state index contributed by atoms with van der Waals surface area (Å²) >= 11 is 0. The third kappa shape index (κ3) is 4.63. The monoisotopic (exact) mass is 289 g/mol. The van der Waals surface area contributed by atoms with E-state index in [1.54, 1.807) is 0 Å². The lowest BCUT2D eigenvalue weighted by atomic mass is 10.1. The molecule has 1 unspecified atom stereocenters. The highest BCUT2D eigenvalue weighted by Crippen LogP contribution is 2.31. The molecule has 0 radical (unpaired) electrons. The summed E-state index contributed by atoms with van der Waals surface area (Å²) in [5.74, 6) is 2.28. The minimum atomic E-state index is 0.458. The Balaban J connectivity index is 1.41. The van der Waals surface area contributed by atoms with Crippen LogP contribution < -0.4 is 14.8 Å². The molecule has 116 valence electrons. The summed E-state index contributed by atoms with van der Waals surface area (Å²) in [7, 11) is 0. The Kier molecular flexibility index (Phi) is 5.02. The Hall–Kier alpha value is -1.22. The van der Waals surface area contributed by atoms with Crippen molar-refractivity contribution < 1.29 is 9.47 Å². The number of benzene rings is 1. The van der Waals surface area contributed by atoms with Gasteiger partial charge in [0.1, 0.15) is 0 Å². The molecule has 3 rings (SSSR count). The van der Waals surface area contributed by atoms with Crippen molar-refractivity contribution in [3.8, 4) is 11.5 Å². The van der Waals surface area contributed by atoms with E-state index < -0.39 is 0 Å². The van der Waals surface area contributed by atoms with Crippen molar-refractivity contribution in [3.05, 3.63) is 23.8 Å². The van der Waals surface area contributed by atoms with Crippen LogP contribution >= 0.6 is 0 Å². The van der Waals surface area contributed by atoms with E-state index in [0.29, 0.717) is 5.92 Å². The fourth-order valence-corrected chi connectivity index (χ4v) is 2.68. The van der Waals surface area contributed by atoms with Gasteiger partial charge in [0.15, 0.2) is 11.5 Å². The molecule has 3 nitrogen and oxygen atoms in total. The fraction of sp³-hybridized carbons (Fsp3) is 0.667. The molecular formula is C18H27NO2. The van der Waals surface area contributed by atoms with Gasteiger partial charge >= 0.3 is 0 Å². The van der Waals surface area contributed by atoms with Gasteiger partial charge in [-0.15, -0.1) is 0 Å². The number of hydrogen-bond donors (Lipinski definition) is 1. The van der Waals surface area contributed by atoms with Crippen molar-refractivity contribution in [1.29, 1.82) is 0 Å². The van der Waals surface area contributed by atoms with Gasteiger partial charge in [-0.1, -0.05) is 19.4 Å². The molecule has 1 aliphatic heterocycles. The van der Waals surface area contributed by atoms with Gasteiger partial charge in [-0.05, 0) is 56.3 Å². The second-order valence-corrected chi connectivity index (χ2v) is 6.55. The maximum Gasteiger partial charge on any atom is 0.161 e. The molecule has 1 aliphatic carbocycles. The zero-order chi connectivity index (χ0) is 14.5. The van der Waals surface area contributed by atoms with Crippen LogP contribution in [0, 0.1) is 5.92 Å². The smallest absolute Gasteiger partial charge is 0.161 e. The van der Waals surface area contributed by atoms with Crippen molar-refractivity contribution in [3.63, 3.8) is 0 Å². The summed E-state index contributed by atoms with van der Waals surface area (Å²) in [5.41, 5.74) is 1.36. The van der Waals surface area contributed by atoms with E-state index in [1.807, 2.05) is 0 Å². The fourth-order valence-electron chi connectivity index (χ4n) is 2.68. The van der Waals surface area contributed by atoms with Gasteiger partial charge in [-0.3, -0.25) is 0 Å². The summed E-state index contributed by atoms with van der Waals surface area (Å²) < 4.78 is 11.6. The van der Waals surface area contributed by atoms with Crippen LogP contribution in [0.15, 0.2) is 18.2 Å². The first-order valence-electron chi connectivity index (χ1n) is 8.43. The Morgan fingerprint density at radius 3 is 2.67 bits per heavy atom. The summed E-state index contributed by atoms with van der Waals surface area (Å²) in [6.45, 7) is 4.84.